The smallest absolute Gasteiger partial charge is 0.335 e. The average molecular weight is 293 g/mol. The van der Waals surface area contributed by atoms with Crippen LogP contribution in [0.2, 0.25) is 0 Å². The third-order valence-electron chi connectivity index (χ3n) is 3.11. The van der Waals surface area contributed by atoms with Gasteiger partial charge in [0.2, 0.25) is 0 Å². The Labute approximate surface area is 119 Å². The minimum absolute atomic E-state index is 0.0694. The lowest BCUT2D eigenvalue weighted by Gasteiger charge is -2.12. The normalized spacial score (nSPS) is 10.4. The van der Waals surface area contributed by atoms with Gasteiger partial charge in [0.15, 0.2) is 11.6 Å². The molecule has 0 aromatic heterocycles. The summed E-state index contributed by atoms with van der Waals surface area (Å²) in [6, 6.07) is 6.33. The number of carbonyl (C=O) groups is 1. The van der Waals surface area contributed by atoms with E-state index in [4.69, 9.17) is 5.11 Å². The van der Waals surface area contributed by atoms with E-state index in [1.807, 2.05) is 0 Å². The maximum Gasteiger partial charge on any atom is 0.335 e. The van der Waals surface area contributed by atoms with Gasteiger partial charge in [0.25, 0.3) is 0 Å². The lowest BCUT2D eigenvalue weighted by atomic mass is 10.1. The van der Waals surface area contributed by atoms with E-state index in [0.717, 1.165) is 17.7 Å². The van der Waals surface area contributed by atoms with Gasteiger partial charge in [-0.05, 0) is 36.8 Å². The van der Waals surface area contributed by atoms with E-state index < -0.39 is 23.4 Å². The summed E-state index contributed by atoms with van der Waals surface area (Å²) in [5.41, 5.74) is 0.952. The summed E-state index contributed by atoms with van der Waals surface area (Å²) in [4.78, 5) is 10.9. The van der Waals surface area contributed by atoms with Crippen LogP contribution in [0.3, 0.4) is 0 Å². The van der Waals surface area contributed by atoms with E-state index in [2.05, 4.69) is 5.32 Å². The summed E-state index contributed by atoms with van der Waals surface area (Å²) in [7, 11) is 0. The second kappa shape index (κ2) is 5.78. The number of phenols is 1. The molecule has 0 radical (unpaired) electrons. The van der Waals surface area contributed by atoms with Gasteiger partial charge >= 0.3 is 5.97 Å². The summed E-state index contributed by atoms with van der Waals surface area (Å²) in [6.45, 7) is 1.53. The Morgan fingerprint density at radius 1 is 1.24 bits per heavy atom. The zero-order valence-electron chi connectivity index (χ0n) is 11.2. The molecule has 0 bridgehead atoms. The Morgan fingerprint density at radius 3 is 2.62 bits per heavy atom. The molecule has 0 saturated heterocycles. The van der Waals surface area contributed by atoms with Crippen LogP contribution in [0.15, 0.2) is 30.3 Å². The summed E-state index contributed by atoms with van der Waals surface area (Å²) >= 11 is 0. The maximum absolute atomic E-state index is 13.6. The molecule has 0 spiro atoms. The summed E-state index contributed by atoms with van der Waals surface area (Å²) < 4.78 is 27.2. The fourth-order valence-electron chi connectivity index (χ4n) is 1.88. The molecule has 21 heavy (non-hydrogen) atoms. The van der Waals surface area contributed by atoms with Crippen molar-refractivity contribution in [2.75, 3.05) is 5.32 Å². The zero-order chi connectivity index (χ0) is 15.6. The van der Waals surface area contributed by atoms with Gasteiger partial charge in [-0.2, -0.15) is 0 Å². The van der Waals surface area contributed by atoms with Crippen molar-refractivity contribution in [3.05, 3.63) is 58.7 Å². The number of hydrogen-bond donors (Lipinski definition) is 3. The number of benzene rings is 2. The van der Waals surface area contributed by atoms with Crippen molar-refractivity contribution in [3.8, 4) is 5.75 Å². The summed E-state index contributed by atoms with van der Waals surface area (Å²) in [5.74, 6) is -3.55. The van der Waals surface area contributed by atoms with Crippen LogP contribution < -0.4 is 5.32 Å². The molecule has 0 aliphatic rings. The molecule has 0 saturated carbocycles. The van der Waals surface area contributed by atoms with E-state index in [1.54, 1.807) is 13.0 Å². The fourth-order valence-corrected chi connectivity index (χ4v) is 1.88. The predicted octanol–water partition coefficient (Wildman–Crippen LogP) is 3.29. The number of aromatic carboxylic acids is 1. The zero-order valence-corrected chi connectivity index (χ0v) is 11.2. The van der Waals surface area contributed by atoms with Crippen molar-refractivity contribution in [3.63, 3.8) is 0 Å². The number of aryl methyl sites for hydroxylation is 1. The number of carboxylic acid groups (broad SMARTS) is 1. The largest absolute Gasteiger partial charge is 0.505 e. The maximum atomic E-state index is 13.6. The quantitative estimate of drug-likeness (QED) is 0.809. The van der Waals surface area contributed by atoms with E-state index in [-0.39, 0.29) is 17.7 Å². The van der Waals surface area contributed by atoms with Crippen LogP contribution in [0, 0.1) is 18.6 Å². The van der Waals surface area contributed by atoms with Gasteiger partial charge in [-0.3, -0.25) is 0 Å². The minimum Gasteiger partial charge on any atom is -0.505 e. The van der Waals surface area contributed by atoms with Crippen LogP contribution in [-0.4, -0.2) is 16.2 Å². The topological polar surface area (TPSA) is 69.6 Å². The second-order valence-electron chi connectivity index (χ2n) is 4.55. The van der Waals surface area contributed by atoms with E-state index >= 15 is 0 Å². The van der Waals surface area contributed by atoms with Gasteiger partial charge < -0.3 is 15.5 Å². The first kappa shape index (κ1) is 14.8. The van der Waals surface area contributed by atoms with Crippen LogP contribution in [0.5, 0.6) is 5.75 Å². The molecule has 2 aromatic carbocycles. The Kier molecular flexibility index (Phi) is 4.07. The van der Waals surface area contributed by atoms with Gasteiger partial charge in [-0.15, -0.1) is 0 Å². The molecule has 0 unspecified atom stereocenters. The predicted molar refractivity (Wildman–Crippen MR) is 73.5 cm³/mol. The monoisotopic (exact) mass is 293 g/mol. The molecule has 2 rings (SSSR count). The molecule has 0 amide bonds. The number of rotatable bonds is 4. The molecule has 3 N–H and O–H groups in total. The molecule has 110 valence electrons. The lowest BCUT2D eigenvalue weighted by Crippen LogP contribution is -2.07. The molecule has 0 atom stereocenters. The molecular weight excluding hydrogens is 280 g/mol. The first-order chi connectivity index (χ1) is 9.90. The van der Waals surface area contributed by atoms with Gasteiger partial charge in [-0.25, -0.2) is 13.6 Å². The van der Waals surface area contributed by atoms with Crippen molar-refractivity contribution < 1.29 is 23.8 Å². The van der Waals surface area contributed by atoms with E-state index in [1.165, 1.54) is 12.1 Å². The number of anilines is 1. The SMILES string of the molecule is Cc1ccc(C(=O)O)cc1NCc1c(F)ccc(O)c1F. The number of aromatic hydroxyl groups is 1. The molecule has 6 heteroatoms. The number of nitrogens with one attached hydrogen (secondary N) is 1. The van der Waals surface area contributed by atoms with Crippen LogP contribution >= 0.6 is 0 Å². The van der Waals surface area contributed by atoms with Crippen molar-refractivity contribution in [2.45, 2.75) is 13.5 Å². The highest BCUT2D eigenvalue weighted by Gasteiger charge is 2.14. The summed E-state index contributed by atoms with van der Waals surface area (Å²) in [6.07, 6.45) is 0. The first-order valence-corrected chi connectivity index (χ1v) is 6.14. The van der Waals surface area contributed by atoms with Gasteiger partial charge in [0.1, 0.15) is 5.82 Å². The van der Waals surface area contributed by atoms with E-state index in [9.17, 15) is 18.7 Å². The van der Waals surface area contributed by atoms with Gasteiger partial charge in [0.05, 0.1) is 5.56 Å². The Bertz CT molecular complexity index is 702. The average Bonchev–Trinajstić information content (AvgIpc) is 2.44. The van der Waals surface area contributed by atoms with Gasteiger partial charge in [0, 0.05) is 17.8 Å². The molecular formula is C15H13F2NO3. The van der Waals surface area contributed by atoms with Crippen LogP contribution in [0.4, 0.5) is 14.5 Å². The Balaban J connectivity index is 2.26. The van der Waals surface area contributed by atoms with Crippen LogP contribution in [0.1, 0.15) is 21.5 Å². The summed E-state index contributed by atoms with van der Waals surface area (Å²) in [5, 5.41) is 21.0. The molecule has 0 heterocycles. The lowest BCUT2D eigenvalue weighted by molar-refractivity contribution is 0.0697. The molecule has 0 aliphatic heterocycles. The van der Waals surface area contributed by atoms with Gasteiger partial charge in [-0.1, -0.05) is 6.07 Å². The van der Waals surface area contributed by atoms with Crippen molar-refractivity contribution in [1.29, 1.82) is 0 Å². The fraction of sp³-hybridized carbons (Fsp3) is 0.133. The third-order valence-corrected chi connectivity index (χ3v) is 3.11. The highest BCUT2D eigenvalue weighted by molar-refractivity contribution is 5.89. The van der Waals surface area contributed by atoms with Crippen molar-refractivity contribution in [2.24, 2.45) is 0 Å². The van der Waals surface area contributed by atoms with E-state index in [0.29, 0.717) is 5.69 Å². The number of halogens is 2. The second-order valence-corrected chi connectivity index (χ2v) is 4.55. The number of carboxylic acids is 1. The molecule has 4 nitrogen and oxygen atoms in total. The molecule has 0 fully saturated rings. The molecule has 2 aromatic rings. The number of hydrogen-bond acceptors (Lipinski definition) is 3. The van der Waals surface area contributed by atoms with Crippen molar-refractivity contribution >= 4 is 11.7 Å². The molecule has 0 aliphatic carbocycles. The number of phenolic OH excluding ortho intramolecular Hbond substituents is 1. The van der Waals surface area contributed by atoms with Crippen molar-refractivity contribution in [1.82, 2.24) is 0 Å². The highest BCUT2D eigenvalue weighted by atomic mass is 19.1. The first-order valence-electron chi connectivity index (χ1n) is 6.14. The van der Waals surface area contributed by atoms with Crippen LogP contribution in [0.25, 0.3) is 0 Å². The van der Waals surface area contributed by atoms with Crippen LogP contribution in [-0.2, 0) is 6.54 Å². The minimum atomic E-state index is -1.09. The standard InChI is InChI=1S/C15H13F2NO3/c1-8-2-3-9(15(20)21)6-12(8)18-7-10-11(16)4-5-13(19)14(10)17/h2-6,18-19H,7H2,1H3,(H,20,21). The Morgan fingerprint density at radius 2 is 1.95 bits per heavy atom. The Hall–Kier alpha value is -2.63. The third kappa shape index (κ3) is 3.10. The highest BCUT2D eigenvalue weighted by Crippen LogP contribution is 2.24.